The summed E-state index contributed by atoms with van der Waals surface area (Å²) in [6.07, 6.45) is 2.92. The van der Waals surface area contributed by atoms with Gasteiger partial charge < -0.3 is 5.73 Å². The van der Waals surface area contributed by atoms with E-state index in [-0.39, 0.29) is 10.9 Å². The van der Waals surface area contributed by atoms with Gasteiger partial charge in [0.15, 0.2) is 0 Å². The van der Waals surface area contributed by atoms with Gasteiger partial charge in [0.1, 0.15) is 0 Å². The fraction of sp³-hybridized carbons (Fsp3) is 0.400. The number of hydrogen-bond acceptors (Lipinski definition) is 3. The maximum atomic E-state index is 12.0. The van der Waals surface area contributed by atoms with E-state index in [1.54, 1.807) is 12.1 Å². The first-order chi connectivity index (χ1) is 7.49. The van der Waals surface area contributed by atoms with E-state index in [4.69, 9.17) is 5.73 Å². The van der Waals surface area contributed by atoms with Gasteiger partial charge in [0, 0.05) is 16.2 Å². The molecule has 0 bridgehead atoms. The second kappa shape index (κ2) is 4.35. The minimum atomic E-state index is -3.45. The highest BCUT2D eigenvalue weighted by atomic mass is 79.9. The minimum absolute atomic E-state index is 0.0818. The van der Waals surface area contributed by atoms with Crippen LogP contribution in [0.2, 0.25) is 0 Å². The Morgan fingerprint density at radius 3 is 2.62 bits per heavy atom. The summed E-state index contributed by atoms with van der Waals surface area (Å²) in [7, 11) is -3.45. The van der Waals surface area contributed by atoms with E-state index < -0.39 is 10.0 Å². The van der Waals surface area contributed by atoms with Crippen molar-refractivity contribution in [2.45, 2.75) is 30.2 Å². The first-order valence-corrected chi connectivity index (χ1v) is 7.34. The average Bonchev–Trinajstić information content (AvgIpc) is 2.16. The summed E-state index contributed by atoms with van der Waals surface area (Å²) in [5.74, 6) is 0. The molecule has 0 saturated heterocycles. The molecule has 16 heavy (non-hydrogen) atoms. The molecule has 1 aliphatic rings. The third kappa shape index (κ3) is 2.39. The molecule has 4 nitrogen and oxygen atoms in total. The highest BCUT2D eigenvalue weighted by Gasteiger charge is 2.26. The van der Waals surface area contributed by atoms with Crippen LogP contribution in [0.5, 0.6) is 0 Å². The van der Waals surface area contributed by atoms with Crippen LogP contribution in [0, 0.1) is 0 Å². The number of halogens is 1. The van der Waals surface area contributed by atoms with E-state index in [0.29, 0.717) is 10.2 Å². The second-order valence-corrected chi connectivity index (χ2v) is 6.48. The van der Waals surface area contributed by atoms with Crippen LogP contribution in [0.1, 0.15) is 19.3 Å². The molecule has 0 unspecified atom stereocenters. The fourth-order valence-corrected chi connectivity index (χ4v) is 3.84. The van der Waals surface area contributed by atoms with Crippen molar-refractivity contribution in [2.24, 2.45) is 0 Å². The van der Waals surface area contributed by atoms with Crippen LogP contribution in [0.4, 0.5) is 5.69 Å². The average molecular weight is 305 g/mol. The van der Waals surface area contributed by atoms with Crippen molar-refractivity contribution < 1.29 is 8.42 Å². The number of hydrogen-bond donors (Lipinski definition) is 2. The van der Waals surface area contributed by atoms with Gasteiger partial charge in [0.25, 0.3) is 0 Å². The van der Waals surface area contributed by atoms with E-state index >= 15 is 0 Å². The molecule has 0 heterocycles. The maximum absolute atomic E-state index is 12.0. The summed E-state index contributed by atoms with van der Waals surface area (Å²) in [4.78, 5) is 0.208. The van der Waals surface area contributed by atoms with Gasteiger partial charge in [-0.2, -0.15) is 0 Å². The predicted octanol–water partition coefficient (Wildman–Crippen LogP) is 1.86. The largest absolute Gasteiger partial charge is 0.399 e. The first kappa shape index (κ1) is 11.9. The van der Waals surface area contributed by atoms with Crippen LogP contribution in [0.25, 0.3) is 0 Å². The molecule has 0 radical (unpaired) electrons. The summed E-state index contributed by atoms with van der Waals surface area (Å²) >= 11 is 3.22. The zero-order valence-corrected chi connectivity index (χ0v) is 11.0. The molecule has 3 N–H and O–H groups in total. The van der Waals surface area contributed by atoms with Gasteiger partial charge in [-0.3, -0.25) is 0 Å². The third-order valence-corrected chi connectivity index (χ3v) is 5.19. The fourth-order valence-electron chi connectivity index (χ4n) is 1.53. The molecular formula is C10H13BrN2O2S. The Labute approximate surface area is 103 Å². The van der Waals surface area contributed by atoms with Crippen molar-refractivity contribution in [1.82, 2.24) is 4.72 Å². The van der Waals surface area contributed by atoms with Crippen molar-refractivity contribution in [2.75, 3.05) is 5.73 Å². The molecule has 1 saturated carbocycles. The van der Waals surface area contributed by atoms with Gasteiger partial charge in [-0.15, -0.1) is 0 Å². The lowest BCUT2D eigenvalue weighted by Gasteiger charge is -2.26. The van der Waals surface area contributed by atoms with Crippen LogP contribution in [-0.4, -0.2) is 14.5 Å². The van der Waals surface area contributed by atoms with Crippen molar-refractivity contribution >= 4 is 31.6 Å². The number of nitrogens with one attached hydrogen (secondary N) is 1. The van der Waals surface area contributed by atoms with Crippen LogP contribution < -0.4 is 10.5 Å². The SMILES string of the molecule is Nc1ccc(Br)c(S(=O)(=O)NC2CCC2)c1. The van der Waals surface area contributed by atoms with Gasteiger partial charge in [0.2, 0.25) is 10.0 Å². The number of benzene rings is 1. The maximum Gasteiger partial charge on any atom is 0.242 e. The Balaban J connectivity index is 2.30. The van der Waals surface area contributed by atoms with E-state index in [0.717, 1.165) is 19.3 Å². The Kier molecular flexibility index (Phi) is 3.23. The molecule has 0 spiro atoms. The molecule has 0 amide bonds. The lowest BCUT2D eigenvalue weighted by atomic mass is 9.94. The molecule has 6 heteroatoms. The number of sulfonamides is 1. The Bertz CT molecular complexity index is 498. The van der Waals surface area contributed by atoms with Crippen molar-refractivity contribution in [3.63, 3.8) is 0 Å². The van der Waals surface area contributed by atoms with E-state index in [9.17, 15) is 8.42 Å². The molecule has 0 aliphatic heterocycles. The summed E-state index contributed by atoms with van der Waals surface area (Å²) < 4.78 is 27.2. The number of rotatable bonds is 3. The number of nitrogens with two attached hydrogens (primary N) is 1. The summed E-state index contributed by atoms with van der Waals surface area (Å²) in [6.45, 7) is 0. The molecule has 1 aliphatic carbocycles. The van der Waals surface area contributed by atoms with Crippen LogP contribution in [0.3, 0.4) is 0 Å². The Morgan fingerprint density at radius 1 is 1.38 bits per heavy atom. The number of anilines is 1. The Hall–Kier alpha value is -0.590. The van der Waals surface area contributed by atoms with E-state index in [1.165, 1.54) is 6.07 Å². The molecule has 1 fully saturated rings. The van der Waals surface area contributed by atoms with Gasteiger partial charge in [-0.1, -0.05) is 6.42 Å². The van der Waals surface area contributed by atoms with Gasteiger partial charge in [-0.05, 0) is 47.0 Å². The van der Waals surface area contributed by atoms with Crippen LogP contribution in [-0.2, 0) is 10.0 Å². The zero-order chi connectivity index (χ0) is 11.8. The van der Waals surface area contributed by atoms with Crippen molar-refractivity contribution in [1.29, 1.82) is 0 Å². The normalized spacial score (nSPS) is 17.1. The smallest absolute Gasteiger partial charge is 0.242 e. The third-order valence-electron chi connectivity index (χ3n) is 2.67. The topological polar surface area (TPSA) is 72.2 Å². The highest BCUT2D eigenvalue weighted by Crippen LogP contribution is 2.26. The summed E-state index contributed by atoms with van der Waals surface area (Å²) in [6, 6.07) is 4.85. The second-order valence-electron chi connectivity index (χ2n) is 3.94. The quantitative estimate of drug-likeness (QED) is 0.837. The Morgan fingerprint density at radius 2 is 2.06 bits per heavy atom. The number of nitrogen functional groups attached to an aromatic ring is 1. The lowest BCUT2D eigenvalue weighted by Crippen LogP contribution is -2.39. The molecular weight excluding hydrogens is 292 g/mol. The molecule has 0 aromatic heterocycles. The van der Waals surface area contributed by atoms with Crippen molar-refractivity contribution in [3.8, 4) is 0 Å². The molecule has 1 aromatic rings. The summed E-state index contributed by atoms with van der Waals surface area (Å²) in [5, 5.41) is 0. The van der Waals surface area contributed by atoms with E-state index in [1.807, 2.05) is 0 Å². The first-order valence-electron chi connectivity index (χ1n) is 5.06. The van der Waals surface area contributed by atoms with Crippen LogP contribution in [0.15, 0.2) is 27.6 Å². The lowest BCUT2D eigenvalue weighted by molar-refractivity contribution is 0.383. The monoisotopic (exact) mass is 304 g/mol. The highest BCUT2D eigenvalue weighted by molar-refractivity contribution is 9.10. The molecule has 2 rings (SSSR count). The molecule has 0 atom stereocenters. The van der Waals surface area contributed by atoms with Crippen molar-refractivity contribution in [3.05, 3.63) is 22.7 Å². The molecule has 1 aromatic carbocycles. The minimum Gasteiger partial charge on any atom is -0.399 e. The van der Waals surface area contributed by atoms with E-state index in [2.05, 4.69) is 20.7 Å². The van der Waals surface area contributed by atoms with Gasteiger partial charge >= 0.3 is 0 Å². The zero-order valence-electron chi connectivity index (χ0n) is 8.61. The summed E-state index contributed by atoms with van der Waals surface area (Å²) in [5.41, 5.74) is 6.03. The van der Waals surface area contributed by atoms with Gasteiger partial charge in [0.05, 0.1) is 4.90 Å². The van der Waals surface area contributed by atoms with Crippen LogP contribution >= 0.6 is 15.9 Å². The standard InChI is InChI=1S/C10H13BrN2O2S/c11-9-5-4-7(12)6-10(9)16(14,15)13-8-2-1-3-8/h4-6,8,13H,1-3,12H2. The van der Waals surface area contributed by atoms with Gasteiger partial charge in [-0.25, -0.2) is 13.1 Å². The predicted molar refractivity (Wildman–Crippen MR) is 66.5 cm³/mol. The molecule has 88 valence electrons.